The number of unbranched alkanes of at least 4 members (excludes halogenated alkanes) is 1. The number of furan rings is 1. The summed E-state index contributed by atoms with van der Waals surface area (Å²) in [7, 11) is 1.97. The molecule has 0 amide bonds. The van der Waals surface area contributed by atoms with E-state index >= 15 is 0 Å². The lowest BCUT2D eigenvalue weighted by molar-refractivity contribution is 0.146. The number of likely N-dealkylation sites (tertiary alicyclic amines) is 1. The Kier molecular flexibility index (Phi) is 10.6. The van der Waals surface area contributed by atoms with Gasteiger partial charge in [-0.25, -0.2) is 4.99 Å². The van der Waals surface area contributed by atoms with Gasteiger partial charge in [0.05, 0.1) is 12.3 Å². The van der Waals surface area contributed by atoms with E-state index in [1.54, 1.807) is 6.26 Å². The quantitative estimate of drug-likeness (QED) is 0.224. The number of guanidine groups is 1. The first kappa shape index (κ1) is 24.6. The van der Waals surface area contributed by atoms with E-state index in [9.17, 15) is 0 Å². The Morgan fingerprint density at radius 1 is 1.23 bits per heavy atom. The van der Waals surface area contributed by atoms with Crippen LogP contribution in [0.2, 0.25) is 0 Å². The van der Waals surface area contributed by atoms with Crippen molar-refractivity contribution in [2.45, 2.75) is 58.5 Å². The molecule has 2 aromatic rings. The molecular weight excluding hydrogens is 493 g/mol. The number of aliphatic imine (C=N–C) groups is 1. The highest BCUT2D eigenvalue weighted by atomic mass is 127. The summed E-state index contributed by atoms with van der Waals surface area (Å²) in [6.45, 7) is 8.51. The van der Waals surface area contributed by atoms with Gasteiger partial charge in [-0.1, -0.05) is 19.8 Å². The van der Waals surface area contributed by atoms with Crippen molar-refractivity contribution in [2.24, 2.45) is 12.0 Å². The Bertz CT molecular complexity index is 754. The summed E-state index contributed by atoms with van der Waals surface area (Å²) < 4.78 is 7.74. The molecular formula is C21H36IN7O. The first-order chi connectivity index (χ1) is 14.2. The largest absolute Gasteiger partial charge is 0.468 e. The maximum absolute atomic E-state index is 5.76. The van der Waals surface area contributed by atoms with Crippen molar-refractivity contribution in [3.8, 4) is 0 Å². The Morgan fingerprint density at radius 2 is 2.03 bits per heavy atom. The molecule has 2 aromatic heterocycles. The van der Waals surface area contributed by atoms with Gasteiger partial charge < -0.3 is 19.6 Å². The van der Waals surface area contributed by atoms with Crippen LogP contribution in [0.15, 0.2) is 27.8 Å². The smallest absolute Gasteiger partial charge is 0.191 e. The first-order valence-electron chi connectivity index (χ1n) is 10.8. The number of halogens is 1. The minimum atomic E-state index is 0. The summed E-state index contributed by atoms with van der Waals surface area (Å²) in [5.74, 6) is 3.58. The molecule has 3 rings (SSSR count). The summed E-state index contributed by atoms with van der Waals surface area (Å²) in [6, 6.07) is 4.25. The van der Waals surface area contributed by atoms with Crippen LogP contribution in [-0.2, 0) is 13.6 Å². The summed E-state index contributed by atoms with van der Waals surface area (Å²) in [4.78, 5) is 7.28. The van der Waals surface area contributed by atoms with Gasteiger partial charge in [0, 0.05) is 20.1 Å². The second-order valence-corrected chi connectivity index (χ2v) is 7.68. The van der Waals surface area contributed by atoms with E-state index in [4.69, 9.17) is 9.41 Å². The zero-order chi connectivity index (χ0) is 20.5. The van der Waals surface area contributed by atoms with E-state index in [1.807, 2.05) is 24.6 Å². The van der Waals surface area contributed by atoms with Crippen LogP contribution in [0.1, 0.15) is 62.5 Å². The maximum Gasteiger partial charge on any atom is 0.191 e. The molecule has 8 nitrogen and oxygen atoms in total. The van der Waals surface area contributed by atoms with Gasteiger partial charge in [-0.2, -0.15) is 0 Å². The van der Waals surface area contributed by atoms with E-state index in [0.29, 0.717) is 6.54 Å². The standard InChI is InChI=1S/C21H35N7O.HI/c1-4-5-11-22-21(24-16-20-26-25-17(2)27(20)3)23-15-18(19-10-9-14-29-19)28-12-7-6-8-13-28;/h9-10,14,18H,4-8,11-13,15-16H2,1-3H3,(H2,22,23,24);1H. The van der Waals surface area contributed by atoms with Gasteiger partial charge in [0.1, 0.15) is 18.1 Å². The predicted octanol–water partition coefficient (Wildman–Crippen LogP) is 3.40. The molecule has 0 bridgehead atoms. The van der Waals surface area contributed by atoms with E-state index in [1.165, 1.54) is 19.3 Å². The second kappa shape index (κ2) is 12.9. The zero-order valence-corrected chi connectivity index (χ0v) is 20.8. The van der Waals surface area contributed by atoms with Crippen LogP contribution in [0.25, 0.3) is 0 Å². The molecule has 0 aromatic carbocycles. The molecule has 0 aliphatic carbocycles. The molecule has 3 heterocycles. The Balaban J connectivity index is 0.00000320. The lowest BCUT2D eigenvalue weighted by Crippen LogP contribution is -2.44. The highest BCUT2D eigenvalue weighted by Crippen LogP contribution is 2.24. The highest BCUT2D eigenvalue weighted by molar-refractivity contribution is 14.0. The third kappa shape index (κ3) is 6.97. The number of aryl methyl sites for hydroxylation is 1. The van der Waals surface area contributed by atoms with Gasteiger partial charge >= 0.3 is 0 Å². The van der Waals surface area contributed by atoms with Crippen molar-refractivity contribution < 1.29 is 4.42 Å². The SMILES string of the molecule is CCCCNC(=NCc1nnc(C)n1C)NCC(c1ccco1)N1CCCCC1.I. The number of nitrogens with one attached hydrogen (secondary N) is 2. The van der Waals surface area contributed by atoms with Crippen molar-refractivity contribution in [3.05, 3.63) is 35.8 Å². The number of hydrogen-bond donors (Lipinski definition) is 2. The fourth-order valence-electron chi connectivity index (χ4n) is 3.61. The summed E-state index contributed by atoms with van der Waals surface area (Å²) in [5, 5.41) is 15.3. The predicted molar refractivity (Wildman–Crippen MR) is 130 cm³/mol. The van der Waals surface area contributed by atoms with Crippen molar-refractivity contribution in [1.29, 1.82) is 0 Å². The third-order valence-corrected chi connectivity index (χ3v) is 5.55. The lowest BCUT2D eigenvalue weighted by atomic mass is 10.1. The maximum atomic E-state index is 5.76. The number of hydrogen-bond acceptors (Lipinski definition) is 5. The van der Waals surface area contributed by atoms with Crippen LogP contribution in [0, 0.1) is 6.92 Å². The molecule has 1 aliphatic rings. The van der Waals surface area contributed by atoms with Crippen LogP contribution in [0.4, 0.5) is 0 Å². The van der Waals surface area contributed by atoms with Crippen LogP contribution in [0.5, 0.6) is 0 Å². The second-order valence-electron chi connectivity index (χ2n) is 7.68. The topological polar surface area (TPSA) is 83.5 Å². The average Bonchev–Trinajstić information content (AvgIpc) is 3.38. The summed E-state index contributed by atoms with van der Waals surface area (Å²) >= 11 is 0. The third-order valence-electron chi connectivity index (χ3n) is 5.55. The molecule has 1 atom stereocenters. The van der Waals surface area contributed by atoms with E-state index in [2.05, 4.69) is 38.7 Å². The Morgan fingerprint density at radius 3 is 2.67 bits per heavy atom. The van der Waals surface area contributed by atoms with Gasteiger partial charge in [0.2, 0.25) is 0 Å². The van der Waals surface area contributed by atoms with Crippen LogP contribution >= 0.6 is 24.0 Å². The molecule has 9 heteroatoms. The minimum Gasteiger partial charge on any atom is -0.468 e. The van der Waals surface area contributed by atoms with Crippen LogP contribution in [0.3, 0.4) is 0 Å². The first-order valence-corrected chi connectivity index (χ1v) is 10.8. The monoisotopic (exact) mass is 529 g/mol. The molecule has 0 spiro atoms. The van der Waals surface area contributed by atoms with Gasteiger partial charge in [-0.05, 0) is 51.4 Å². The molecule has 0 radical (unpaired) electrons. The molecule has 1 unspecified atom stereocenters. The minimum absolute atomic E-state index is 0. The van der Waals surface area contributed by atoms with Gasteiger partial charge in [0.25, 0.3) is 0 Å². The van der Waals surface area contributed by atoms with Crippen LogP contribution in [-0.4, -0.2) is 51.8 Å². The van der Waals surface area contributed by atoms with Crippen molar-refractivity contribution in [1.82, 2.24) is 30.3 Å². The van der Waals surface area contributed by atoms with E-state index in [0.717, 1.165) is 62.4 Å². The van der Waals surface area contributed by atoms with Crippen molar-refractivity contribution in [3.63, 3.8) is 0 Å². The molecule has 1 saturated heterocycles. The molecule has 1 aliphatic heterocycles. The van der Waals surface area contributed by atoms with E-state index < -0.39 is 0 Å². The summed E-state index contributed by atoms with van der Waals surface area (Å²) in [6.07, 6.45) is 7.83. The zero-order valence-electron chi connectivity index (χ0n) is 18.4. The molecule has 0 saturated carbocycles. The number of rotatable bonds is 9. The molecule has 2 N–H and O–H groups in total. The van der Waals surface area contributed by atoms with E-state index in [-0.39, 0.29) is 30.0 Å². The van der Waals surface area contributed by atoms with Crippen molar-refractivity contribution in [2.75, 3.05) is 26.2 Å². The Labute approximate surface area is 196 Å². The van der Waals surface area contributed by atoms with Gasteiger partial charge in [-0.15, -0.1) is 34.2 Å². The van der Waals surface area contributed by atoms with Gasteiger partial charge in [-0.3, -0.25) is 4.90 Å². The Hall–Kier alpha value is -1.62. The lowest BCUT2D eigenvalue weighted by Gasteiger charge is -2.33. The fraction of sp³-hybridized carbons (Fsp3) is 0.667. The molecule has 168 valence electrons. The highest BCUT2D eigenvalue weighted by Gasteiger charge is 2.24. The fourth-order valence-corrected chi connectivity index (χ4v) is 3.61. The normalized spacial score (nSPS) is 16.2. The van der Waals surface area contributed by atoms with Gasteiger partial charge in [0.15, 0.2) is 11.8 Å². The molecule has 1 fully saturated rings. The van der Waals surface area contributed by atoms with Crippen molar-refractivity contribution >= 4 is 29.9 Å². The number of aromatic nitrogens is 3. The number of nitrogens with zero attached hydrogens (tertiary/aromatic N) is 5. The average molecular weight is 529 g/mol. The number of piperidine rings is 1. The van der Waals surface area contributed by atoms with Crippen LogP contribution < -0.4 is 10.6 Å². The molecule has 30 heavy (non-hydrogen) atoms. The summed E-state index contributed by atoms with van der Waals surface area (Å²) in [5.41, 5.74) is 0.